The summed E-state index contributed by atoms with van der Waals surface area (Å²) in [6.45, 7) is 5.44. The average Bonchev–Trinajstić information content (AvgIpc) is 2.60. The van der Waals surface area contributed by atoms with Crippen LogP contribution in [-0.2, 0) is 21.2 Å². The third-order valence-electron chi connectivity index (χ3n) is 3.99. The molecule has 4 N–H and O–H groups in total. The Morgan fingerprint density at radius 1 is 1.04 bits per heavy atom. The maximum absolute atomic E-state index is 12.8. The Morgan fingerprint density at radius 3 is 2.04 bits per heavy atom. The summed E-state index contributed by atoms with van der Waals surface area (Å²) in [5, 5.41) is 10.7. The fourth-order valence-electron chi connectivity index (χ4n) is 2.54. The topological polar surface area (TPSA) is 102 Å². The van der Waals surface area contributed by atoms with Crippen LogP contribution in [0.4, 0.5) is 0 Å². The minimum atomic E-state index is -3.93. The highest BCUT2D eigenvalue weighted by atomic mass is 35.5. The molecule has 0 aliphatic rings. The monoisotopic (exact) mass is 428 g/mol. The van der Waals surface area contributed by atoms with Gasteiger partial charge in [0.2, 0.25) is 10.0 Å². The van der Waals surface area contributed by atoms with Crippen LogP contribution in [0.1, 0.15) is 26.3 Å². The summed E-state index contributed by atoms with van der Waals surface area (Å²) in [5.74, 6) is 0. The van der Waals surface area contributed by atoms with Crippen molar-refractivity contribution < 1.29 is 18.3 Å². The third-order valence-corrected chi connectivity index (χ3v) is 5.53. The molecule has 28 heavy (non-hydrogen) atoms. The van der Waals surface area contributed by atoms with Crippen molar-refractivity contribution in [3.8, 4) is 0 Å². The van der Waals surface area contributed by atoms with E-state index < -0.39 is 27.4 Å². The molecule has 0 unspecified atom stereocenters. The number of ether oxygens (including phenoxy) is 1. The van der Waals surface area contributed by atoms with E-state index in [0.29, 0.717) is 0 Å². The van der Waals surface area contributed by atoms with Crippen LogP contribution in [0.15, 0.2) is 65.6 Å². The highest BCUT2D eigenvalue weighted by Gasteiger charge is 2.39. The van der Waals surface area contributed by atoms with Gasteiger partial charge >= 0.3 is 0 Å². The van der Waals surface area contributed by atoms with E-state index in [9.17, 15) is 13.5 Å². The van der Waals surface area contributed by atoms with Crippen molar-refractivity contribution in [2.75, 3.05) is 6.61 Å². The number of sulfonamides is 1. The summed E-state index contributed by atoms with van der Waals surface area (Å²) >= 11 is 0. The SMILES string of the molecule is CC(C)(C)OC[C@H](O)[C@](N)(Cc1ccccc1)NS(=O)(=O)c1ccccc1.Cl. The highest BCUT2D eigenvalue weighted by molar-refractivity contribution is 7.89. The zero-order valence-electron chi connectivity index (χ0n) is 16.3. The Morgan fingerprint density at radius 2 is 1.54 bits per heavy atom. The number of aliphatic hydroxyl groups is 1. The van der Waals surface area contributed by atoms with Gasteiger partial charge in [-0.25, -0.2) is 8.42 Å². The van der Waals surface area contributed by atoms with Gasteiger partial charge in [-0.2, -0.15) is 4.72 Å². The van der Waals surface area contributed by atoms with Crippen molar-refractivity contribution in [1.82, 2.24) is 4.72 Å². The van der Waals surface area contributed by atoms with Gasteiger partial charge in [-0.15, -0.1) is 12.4 Å². The molecule has 2 aromatic rings. The molecule has 2 atom stereocenters. The van der Waals surface area contributed by atoms with Gasteiger partial charge in [-0.3, -0.25) is 0 Å². The molecule has 0 spiro atoms. The number of hydrogen-bond acceptors (Lipinski definition) is 5. The first kappa shape index (κ1) is 24.6. The van der Waals surface area contributed by atoms with Gasteiger partial charge < -0.3 is 15.6 Å². The van der Waals surface area contributed by atoms with Crippen LogP contribution in [0, 0.1) is 0 Å². The predicted molar refractivity (Wildman–Crippen MR) is 113 cm³/mol. The molecular weight excluding hydrogens is 400 g/mol. The summed E-state index contributed by atoms with van der Waals surface area (Å²) in [6.07, 6.45) is -1.15. The van der Waals surface area contributed by atoms with Crippen LogP contribution >= 0.6 is 12.4 Å². The molecule has 0 aliphatic heterocycles. The first-order chi connectivity index (χ1) is 12.5. The maximum atomic E-state index is 12.8. The lowest BCUT2D eigenvalue weighted by atomic mass is 9.96. The molecule has 0 amide bonds. The van der Waals surface area contributed by atoms with E-state index in [4.69, 9.17) is 10.5 Å². The smallest absolute Gasteiger partial charge is 0.242 e. The van der Waals surface area contributed by atoms with Crippen molar-refractivity contribution in [2.24, 2.45) is 5.73 Å². The van der Waals surface area contributed by atoms with E-state index in [1.165, 1.54) is 12.1 Å². The number of halogens is 1. The average molecular weight is 429 g/mol. The summed E-state index contributed by atoms with van der Waals surface area (Å²) in [7, 11) is -3.93. The van der Waals surface area contributed by atoms with Crippen LogP contribution < -0.4 is 10.5 Å². The minimum Gasteiger partial charge on any atom is -0.387 e. The largest absolute Gasteiger partial charge is 0.387 e. The van der Waals surface area contributed by atoms with Crippen LogP contribution in [0.3, 0.4) is 0 Å². The standard InChI is InChI=1S/C20H28N2O4S.ClH/c1-19(2,3)26-15-18(23)20(21,14-16-10-6-4-7-11-16)22-27(24,25)17-12-8-5-9-13-17;/h4-13,18,22-23H,14-15,21H2,1-3H3;1H/t18-,20-;/m0./s1. The van der Waals surface area contributed by atoms with Crippen LogP contribution in [0.5, 0.6) is 0 Å². The molecule has 6 nitrogen and oxygen atoms in total. The molecule has 0 fully saturated rings. The van der Waals surface area contributed by atoms with Crippen LogP contribution in [0.2, 0.25) is 0 Å². The molecule has 0 saturated carbocycles. The normalized spacial score (nSPS) is 15.3. The number of hydrogen-bond donors (Lipinski definition) is 3. The van der Waals surface area contributed by atoms with E-state index in [0.717, 1.165) is 5.56 Å². The summed E-state index contributed by atoms with van der Waals surface area (Å²) in [5.41, 5.74) is 5.07. The molecular formula is C20H29ClN2O4S. The molecule has 156 valence electrons. The Kier molecular flexibility index (Phi) is 8.62. The fraction of sp³-hybridized carbons (Fsp3) is 0.400. The van der Waals surface area contributed by atoms with Crippen LogP contribution in [0.25, 0.3) is 0 Å². The van der Waals surface area contributed by atoms with Crippen molar-refractivity contribution in [1.29, 1.82) is 0 Å². The lowest BCUT2D eigenvalue weighted by Crippen LogP contribution is -2.66. The zero-order chi connectivity index (χ0) is 20.1. The van der Waals surface area contributed by atoms with Gasteiger partial charge in [-0.05, 0) is 38.5 Å². The molecule has 0 saturated heterocycles. The quantitative estimate of drug-likeness (QED) is 0.560. The molecule has 8 heteroatoms. The lowest BCUT2D eigenvalue weighted by Gasteiger charge is -2.36. The van der Waals surface area contributed by atoms with Gasteiger partial charge in [0.1, 0.15) is 11.8 Å². The van der Waals surface area contributed by atoms with Gasteiger partial charge in [-0.1, -0.05) is 48.5 Å². The van der Waals surface area contributed by atoms with Crippen molar-refractivity contribution in [2.45, 2.75) is 49.5 Å². The van der Waals surface area contributed by atoms with Crippen molar-refractivity contribution >= 4 is 22.4 Å². The van der Waals surface area contributed by atoms with E-state index in [-0.39, 0.29) is 30.3 Å². The molecule has 0 radical (unpaired) electrons. The Labute approximate surface area is 173 Å². The van der Waals surface area contributed by atoms with E-state index >= 15 is 0 Å². The van der Waals surface area contributed by atoms with Crippen LogP contribution in [-0.4, -0.2) is 37.5 Å². The summed E-state index contributed by atoms with van der Waals surface area (Å²) in [4.78, 5) is 0.0804. The Balaban J connectivity index is 0.00000392. The Bertz CT molecular complexity index is 826. The number of rotatable bonds is 8. The highest BCUT2D eigenvalue weighted by Crippen LogP contribution is 2.19. The number of nitrogens with one attached hydrogen (secondary N) is 1. The molecule has 0 aromatic heterocycles. The number of nitrogens with two attached hydrogens (primary N) is 1. The van der Waals surface area contributed by atoms with Gasteiger partial charge in [0.05, 0.1) is 17.1 Å². The van der Waals surface area contributed by atoms with Gasteiger partial charge in [0, 0.05) is 6.42 Å². The molecule has 0 aliphatic carbocycles. The first-order valence-corrected chi connectivity index (χ1v) is 10.2. The van der Waals surface area contributed by atoms with E-state index in [1.54, 1.807) is 18.2 Å². The third kappa shape index (κ3) is 7.16. The second-order valence-electron chi connectivity index (χ2n) is 7.56. The Hall–Kier alpha value is -1.48. The van der Waals surface area contributed by atoms with Crippen molar-refractivity contribution in [3.63, 3.8) is 0 Å². The predicted octanol–water partition coefficient (Wildman–Crippen LogP) is 2.46. The van der Waals surface area contributed by atoms with E-state index in [1.807, 2.05) is 51.1 Å². The first-order valence-electron chi connectivity index (χ1n) is 8.76. The van der Waals surface area contributed by atoms with Gasteiger partial charge in [0.25, 0.3) is 0 Å². The number of benzene rings is 2. The molecule has 2 aromatic carbocycles. The number of aliphatic hydroxyl groups excluding tert-OH is 1. The lowest BCUT2D eigenvalue weighted by molar-refractivity contribution is -0.0720. The second kappa shape index (κ2) is 9.82. The molecule has 2 rings (SSSR count). The summed E-state index contributed by atoms with van der Waals surface area (Å²) in [6, 6.07) is 17.1. The second-order valence-corrected chi connectivity index (χ2v) is 9.24. The zero-order valence-corrected chi connectivity index (χ0v) is 18.0. The molecule has 0 heterocycles. The molecule has 0 bridgehead atoms. The van der Waals surface area contributed by atoms with Crippen molar-refractivity contribution in [3.05, 3.63) is 66.2 Å². The van der Waals surface area contributed by atoms with E-state index in [2.05, 4.69) is 4.72 Å². The maximum Gasteiger partial charge on any atom is 0.242 e. The van der Waals surface area contributed by atoms with Gasteiger partial charge in [0.15, 0.2) is 0 Å². The summed E-state index contributed by atoms with van der Waals surface area (Å²) < 4.78 is 33.7. The fourth-order valence-corrected chi connectivity index (χ4v) is 3.88. The minimum absolute atomic E-state index is 0.